The van der Waals surface area contributed by atoms with Crippen molar-refractivity contribution in [1.29, 1.82) is 0 Å². The zero-order valence-corrected chi connectivity index (χ0v) is 13.3. The second kappa shape index (κ2) is 6.81. The fourth-order valence-electron chi connectivity index (χ4n) is 2.89. The van der Waals surface area contributed by atoms with Crippen molar-refractivity contribution < 1.29 is 0 Å². The van der Waals surface area contributed by atoms with Crippen LogP contribution in [-0.2, 0) is 5.33 Å². The zero-order valence-electron chi connectivity index (χ0n) is 11.0. The highest BCUT2D eigenvalue weighted by Crippen LogP contribution is 2.34. The molecule has 3 heteroatoms. The molecule has 0 radical (unpaired) electrons. The second-order valence-electron chi connectivity index (χ2n) is 5.14. The molecule has 0 spiro atoms. The summed E-state index contributed by atoms with van der Waals surface area (Å²) in [7, 11) is 2.20. The molecule has 100 valence electrons. The summed E-state index contributed by atoms with van der Waals surface area (Å²) in [4.78, 5) is 2.41. The van der Waals surface area contributed by atoms with Gasteiger partial charge in [0.1, 0.15) is 0 Å². The molecule has 0 aromatic heterocycles. The SMILES string of the molecule is CN(c1c(Cl)cccc1CBr)C1CCCCCC1. The smallest absolute Gasteiger partial charge is 0.0642 e. The van der Waals surface area contributed by atoms with Crippen LogP contribution in [0.25, 0.3) is 0 Å². The van der Waals surface area contributed by atoms with Gasteiger partial charge in [-0.3, -0.25) is 0 Å². The van der Waals surface area contributed by atoms with Crippen molar-refractivity contribution >= 4 is 33.2 Å². The van der Waals surface area contributed by atoms with E-state index in [-0.39, 0.29) is 0 Å². The van der Waals surface area contributed by atoms with Crippen LogP contribution in [0.2, 0.25) is 5.02 Å². The molecule has 0 unspecified atom stereocenters. The van der Waals surface area contributed by atoms with Crippen molar-refractivity contribution in [2.24, 2.45) is 0 Å². The molecule has 18 heavy (non-hydrogen) atoms. The minimum atomic E-state index is 0.644. The van der Waals surface area contributed by atoms with Gasteiger partial charge >= 0.3 is 0 Å². The Kier molecular flexibility index (Phi) is 5.38. The van der Waals surface area contributed by atoms with Crippen LogP contribution in [0, 0.1) is 0 Å². The first-order valence-electron chi connectivity index (χ1n) is 6.80. The average Bonchev–Trinajstić information content (AvgIpc) is 2.66. The van der Waals surface area contributed by atoms with Crippen molar-refractivity contribution in [2.75, 3.05) is 11.9 Å². The van der Waals surface area contributed by atoms with E-state index in [0.29, 0.717) is 6.04 Å². The van der Waals surface area contributed by atoms with E-state index >= 15 is 0 Å². The highest BCUT2D eigenvalue weighted by atomic mass is 79.9. The van der Waals surface area contributed by atoms with Gasteiger partial charge in [-0.1, -0.05) is 65.3 Å². The molecule has 0 aliphatic heterocycles. The molecule has 0 saturated heterocycles. The van der Waals surface area contributed by atoms with E-state index in [4.69, 9.17) is 11.6 Å². The van der Waals surface area contributed by atoms with Gasteiger partial charge in [0.25, 0.3) is 0 Å². The van der Waals surface area contributed by atoms with Gasteiger partial charge in [0.2, 0.25) is 0 Å². The molecule has 1 fully saturated rings. The number of hydrogen-bond acceptors (Lipinski definition) is 1. The van der Waals surface area contributed by atoms with Gasteiger partial charge < -0.3 is 4.90 Å². The number of para-hydroxylation sites is 1. The van der Waals surface area contributed by atoms with E-state index in [2.05, 4.69) is 33.9 Å². The molecule has 1 nitrogen and oxygen atoms in total. The lowest BCUT2D eigenvalue weighted by Gasteiger charge is -2.31. The maximum Gasteiger partial charge on any atom is 0.0642 e. The molecule has 1 aliphatic carbocycles. The van der Waals surface area contributed by atoms with Gasteiger partial charge in [-0.25, -0.2) is 0 Å². The zero-order chi connectivity index (χ0) is 13.0. The molecule has 0 heterocycles. The quantitative estimate of drug-likeness (QED) is 0.530. The average molecular weight is 331 g/mol. The largest absolute Gasteiger partial charge is 0.370 e. The highest BCUT2D eigenvalue weighted by molar-refractivity contribution is 9.08. The molecule has 0 N–H and O–H groups in total. The third-order valence-electron chi connectivity index (χ3n) is 3.94. The number of hydrogen-bond donors (Lipinski definition) is 0. The molecule has 0 amide bonds. The molecule has 1 saturated carbocycles. The molecule has 0 atom stereocenters. The van der Waals surface area contributed by atoms with Crippen molar-refractivity contribution in [1.82, 2.24) is 0 Å². The lowest BCUT2D eigenvalue weighted by Crippen LogP contribution is -2.32. The molecule has 0 bridgehead atoms. The predicted molar refractivity (Wildman–Crippen MR) is 84.0 cm³/mol. The van der Waals surface area contributed by atoms with E-state index < -0.39 is 0 Å². The first kappa shape index (κ1) is 14.2. The van der Waals surface area contributed by atoms with Gasteiger partial charge in [0.15, 0.2) is 0 Å². The van der Waals surface area contributed by atoms with E-state index in [1.165, 1.54) is 49.8 Å². The maximum atomic E-state index is 6.40. The molecule has 1 aliphatic rings. The standard InChI is InChI=1S/C15H21BrClN/c1-18(13-8-4-2-3-5-9-13)15-12(11-16)7-6-10-14(15)17/h6-7,10,13H,2-5,8-9,11H2,1H3. The van der Waals surface area contributed by atoms with Crippen LogP contribution >= 0.6 is 27.5 Å². The maximum absolute atomic E-state index is 6.40. The van der Waals surface area contributed by atoms with Crippen LogP contribution in [0.1, 0.15) is 44.1 Å². The number of alkyl halides is 1. The number of halogens is 2. The minimum absolute atomic E-state index is 0.644. The van der Waals surface area contributed by atoms with E-state index in [0.717, 1.165) is 10.4 Å². The summed E-state index contributed by atoms with van der Waals surface area (Å²) in [5.74, 6) is 0. The minimum Gasteiger partial charge on any atom is -0.370 e. The summed E-state index contributed by atoms with van der Waals surface area (Å²) in [6, 6.07) is 6.83. The van der Waals surface area contributed by atoms with Crippen molar-refractivity contribution in [3.63, 3.8) is 0 Å². The molecule has 1 aromatic carbocycles. The van der Waals surface area contributed by atoms with Gasteiger partial charge in [-0.05, 0) is 24.5 Å². The summed E-state index contributed by atoms with van der Waals surface area (Å²) >= 11 is 9.97. The van der Waals surface area contributed by atoms with E-state index in [1.807, 2.05) is 12.1 Å². The normalized spacial score (nSPS) is 17.5. The van der Waals surface area contributed by atoms with Crippen molar-refractivity contribution in [3.8, 4) is 0 Å². The topological polar surface area (TPSA) is 3.24 Å². The summed E-state index contributed by atoms with van der Waals surface area (Å²) < 4.78 is 0. The van der Waals surface area contributed by atoms with Crippen LogP contribution in [0.4, 0.5) is 5.69 Å². The number of benzene rings is 1. The fraction of sp³-hybridized carbons (Fsp3) is 0.600. The molecular formula is C15H21BrClN. The predicted octanol–water partition coefficient (Wildman–Crippen LogP) is 5.39. The third-order valence-corrected chi connectivity index (χ3v) is 4.85. The van der Waals surface area contributed by atoms with E-state index in [9.17, 15) is 0 Å². The summed E-state index contributed by atoms with van der Waals surface area (Å²) in [5.41, 5.74) is 2.50. The Morgan fingerprint density at radius 3 is 2.50 bits per heavy atom. The lowest BCUT2D eigenvalue weighted by atomic mass is 10.1. The Morgan fingerprint density at radius 1 is 1.22 bits per heavy atom. The van der Waals surface area contributed by atoms with Crippen molar-refractivity contribution in [2.45, 2.75) is 49.9 Å². The molecular weight excluding hydrogens is 310 g/mol. The number of nitrogens with zero attached hydrogens (tertiary/aromatic N) is 1. The molecule has 1 aromatic rings. The first-order valence-corrected chi connectivity index (χ1v) is 8.30. The van der Waals surface area contributed by atoms with Gasteiger partial charge in [-0.2, -0.15) is 0 Å². The Labute approximate surface area is 124 Å². The van der Waals surface area contributed by atoms with Crippen LogP contribution in [0.15, 0.2) is 18.2 Å². The highest BCUT2D eigenvalue weighted by Gasteiger charge is 2.20. The Balaban J connectivity index is 2.23. The van der Waals surface area contributed by atoms with Gasteiger partial charge in [0.05, 0.1) is 10.7 Å². The summed E-state index contributed by atoms with van der Waals surface area (Å²) in [5, 5.41) is 1.73. The van der Waals surface area contributed by atoms with E-state index in [1.54, 1.807) is 0 Å². The van der Waals surface area contributed by atoms with Gasteiger partial charge in [0, 0.05) is 18.4 Å². The first-order chi connectivity index (χ1) is 8.74. The Hall–Kier alpha value is -0.210. The lowest BCUT2D eigenvalue weighted by molar-refractivity contribution is 0.552. The van der Waals surface area contributed by atoms with Crippen LogP contribution in [0.3, 0.4) is 0 Å². The van der Waals surface area contributed by atoms with Crippen molar-refractivity contribution in [3.05, 3.63) is 28.8 Å². The van der Waals surface area contributed by atoms with Crippen LogP contribution in [0.5, 0.6) is 0 Å². The number of rotatable bonds is 3. The summed E-state index contributed by atoms with van der Waals surface area (Å²) in [6.07, 6.45) is 8.06. The molecule has 2 rings (SSSR count). The summed E-state index contributed by atoms with van der Waals surface area (Å²) in [6.45, 7) is 0. The van der Waals surface area contributed by atoms with Crippen LogP contribution in [-0.4, -0.2) is 13.1 Å². The van der Waals surface area contributed by atoms with Crippen LogP contribution < -0.4 is 4.90 Å². The fourth-order valence-corrected chi connectivity index (χ4v) is 3.67. The Morgan fingerprint density at radius 2 is 1.89 bits per heavy atom. The third kappa shape index (κ3) is 3.21. The van der Waals surface area contributed by atoms with Gasteiger partial charge in [-0.15, -0.1) is 0 Å². The number of anilines is 1. The monoisotopic (exact) mass is 329 g/mol. The second-order valence-corrected chi connectivity index (χ2v) is 6.11. The Bertz CT molecular complexity index is 386.